The molecule has 18 heavy (non-hydrogen) atoms. The van der Waals surface area contributed by atoms with Gasteiger partial charge >= 0.3 is 0 Å². The van der Waals surface area contributed by atoms with Crippen LogP contribution in [0, 0.1) is 0 Å². The van der Waals surface area contributed by atoms with E-state index in [1.807, 2.05) is 19.1 Å². The molecule has 0 aliphatic carbocycles. The van der Waals surface area contributed by atoms with Crippen LogP contribution in [-0.2, 0) is 4.79 Å². The molecule has 4 nitrogen and oxygen atoms in total. The Bertz CT molecular complexity index is 370. The average molecular weight is 249 g/mol. The van der Waals surface area contributed by atoms with E-state index in [-0.39, 0.29) is 11.4 Å². The van der Waals surface area contributed by atoms with Crippen molar-refractivity contribution in [3.63, 3.8) is 0 Å². The number of hydrogen-bond donors (Lipinski definition) is 1. The molecule has 0 unspecified atom stereocenters. The highest BCUT2D eigenvalue weighted by molar-refractivity contribution is 5.93. The molecule has 0 bridgehead atoms. The Kier molecular flexibility index (Phi) is 5.28. The summed E-state index contributed by atoms with van der Waals surface area (Å²) in [6.45, 7) is 9.64. The van der Waals surface area contributed by atoms with Crippen LogP contribution in [0.5, 0.6) is 0 Å². The lowest BCUT2D eigenvalue weighted by atomic mass is 10.1. The lowest BCUT2D eigenvalue weighted by molar-refractivity contribution is -0.118. The van der Waals surface area contributed by atoms with Gasteiger partial charge in [0.1, 0.15) is 0 Å². The molecule has 0 radical (unpaired) electrons. The molecule has 1 aromatic rings. The number of nitrogens with zero attached hydrogens (tertiary/aromatic N) is 2. The molecule has 0 aliphatic rings. The molecule has 0 aromatic carbocycles. The van der Waals surface area contributed by atoms with Gasteiger partial charge in [-0.05, 0) is 39.8 Å². The Labute approximate surface area is 109 Å². The zero-order valence-corrected chi connectivity index (χ0v) is 11.7. The van der Waals surface area contributed by atoms with Crippen molar-refractivity contribution < 1.29 is 4.79 Å². The summed E-state index contributed by atoms with van der Waals surface area (Å²) in [6.07, 6.45) is 3.92. The maximum Gasteiger partial charge on any atom is 0.228 e. The van der Waals surface area contributed by atoms with Crippen molar-refractivity contribution in [2.75, 3.05) is 18.0 Å². The van der Waals surface area contributed by atoms with Gasteiger partial charge in [-0.2, -0.15) is 0 Å². The lowest BCUT2D eigenvalue weighted by Gasteiger charge is -2.23. The number of pyridine rings is 1. The fourth-order valence-corrected chi connectivity index (χ4v) is 1.71. The van der Waals surface area contributed by atoms with Crippen molar-refractivity contribution in [3.8, 4) is 0 Å². The Morgan fingerprint density at radius 2 is 1.94 bits per heavy atom. The molecular weight excluding hydrogens is 226 g/mol. The largest absolute Gasteiger partial charge is 0.313 e. The first-order valence-corrected chi connectivity index (χ1v) is 6.39. The van der Waals surface area contributed by atoms with E-state index in [2.05, 4.69) is 31.1 Å². The molecule has 1 N–H and O–H groups in total. The Hall–Kier alpha value is -1.42. The lowest BCUT2D eigenvalue weighted by Crippen LogP contribution is -2.39. The normalized spacial score (nSPS) is 11.3. The predicted molar refractivity (Wildman–Crippen MR) is 74.6 cm³/mol. The molecule has 0 atom stereocenters. The summed E-state index contributed by atoms with van der Waals surface area (Å²) in [5, 5.41) is 3.32. The molecule has 4 heteroatoms. The first-order valence-electron chi connectivity index (χ1n) is 6.39. The highest BCUT2D eigenvalue weighted by Gasteiger charge is 2.15. The van der Waals surface area contributed by atoms with Gasteiger partial charge in [-0.1, -0.05) is 0 Å². The van der Waals surface area contributed by atoms with Crippen LogP contribution in [0.2, 0.25) is 0 Å². The van der Waals surface area contributed by atoms with Crippen molar-refractivity contribution in [2.45, 2.75) is 39.7 Å². The highest BCUT2D eigenvalue weighted by atomic mass is 16.2. The van der Waals surface area contributed by atoms with Gasteiger partial charge in [0, 0.05) is 43.1 Å². The fraction of sp³-hybridized carbons (Fsp3) is 0.571. The van der Waals surface area contributed by atoms with Crippen LogP contribution in [0.4, 0.5) is 5.69 Å². The monoisotopic (exact) mass is 249 g/mol. The van der Waals surface area contributed by atoms with Gasteiger partial charge in [0.25, 0.3) is 0 Å². The third kappa shape index (κ3) is 4.84. The average Bonchev–Trinajstić information content (AvgIpc) is 2.29. The minimum atomic E-state index is 0.0496. The van der Waals surface area contributed by atoms with Crippen LogP contribution in [0.25, 0.3) is 0 Å². The number of aromatic nitrogens is 1. The summed E-state index contributed by atoms with van der Waals surface area (Å²) < 4.78 is 0. The van der Waals surface area contributed by atoms with E-state index >= 15 is 0 Å². The van der Waals surface area contributed by atoms with Crippen LogP contribution in [-0.4, -0.2) is 29.5 Å². The smallest absolute Gasteiger partial charge is 0.228 e. The summed E-state index contributed by atoms with van der Waals surface area (Å²) in [5.74, 6) is 0.139. The minimum absolute atomic E-state index is 0.0496. The molecular formula is C14H23N3O. The first kappa shape index (κ1) is 14.6. The molecule has 1 rings (SSSR count). The maximum absolute atomic E-state index is 12.1. The first-order chi connectivity index (χ1) is 8.44. The summed E-state index contributed by atoms with van der Waals surface area (Å²) in [5.41, 5.74) is 0.960. The van der Waals surface area contributed by atoms with Gasteiger partial charge in [0.2, 0.25) is 5.91 Å². The molecule has 1 amide bonds. The number of nitrogens with one attached hydrogen (secondary N) is 1. The standard InChI is InChI=1S/C14H23N3O/c1-5-17(12-6-9-15-10-7-12)13(18)8-11-16-14(2,3)4/h6-7,9-10,16H,5,8,11H2,1-4H3. The number of anilines is 1. The van der Waals surface area contributed by atoms with Gasteiger partial charge in [0.05, 0.1) is 0 Å². The summed E-state index contributed by atoms with van der Waals surface area (Å²) in [6, 6.07) is 3.72. The van der Waals surface area contributed by atoms with Crippen LogP contribution in [0.15, 0.2) is 24.5 Å². The maximum atomic E-state index is 12.1. The van der Waals surface area contributed by atoms with Crippen molar-refractivity contribution >= 4 is 11.6 Å². The SMILES string of the molecule is CCN(C(=O)CCNC(C)(C)C)c1ccncc1. The second-order valence-corrected chi connectivity index (χ2v) is 5.27. The number of rotatable bonds is 5. The molecule has 1 heterocycles. The van der Waals surface area contributed by atoms with Crippen LogP contribution >= 0.6 is 0 Å². The van der Waals surface area contributed by atoms with Crippen LogP contribution in [0.3, 0.4) is 0 Å². The van der Waals surface area contributed by atoms with Crippen molar-refractivity contribution in [2.24, 2.45) is 0 Å². The van der Waals surface area contributed by atoms with E-state index in [0.717, 1.165) is 5.69 Å². The van der Waals surface area contributed by atoms with E-state index in [1.165, 1.54) is 0 Å². The van der Waals surface area contributed by atoms with Gasteiger partial charge in [-0.3, -0.25) is 9.78 Å². The molecule has 0 fully saturated rings. The van der Waals surface area contributed by atoms with Crippen LogP contribution in [0.1, 0.15) is 34.1 Å². The Morgan fingerprint density at radius 1 is 1.33 bits per heavy atom. The third-order valence-electron chi connectivity index (χ3n) is 2.59. The van der Waals surface area contributed by atoms with Gasteiger partial charge < -0.3 is 10.2 Å². The third-order valence-corrected chi connectivity index (χ3v) is 2.59. The summed E-state index contributed by atoms with van der Waals surface area (Å²) in [7, 11) is 0. The molecule has 0 saturated carbocycles. The summed E-state index contributed by atoms with van der Waals surface area (Å²) >= 11 is 0. The van der Waals surface area contributed by atoms with Gasteiger partial charge in [0.15, 0.2) is 0 Å². The molecule has 0 spiro atoms. The molecule has 1 aromatic heterocycles. The van der Waals surface area contributed by atoms with Gasteiger partial charge in [-0.15, -0.1) is 0 Å². The van der Waals surface area contributed by atoms with Crippen molar-refractivity contribution in [3.05, 3.63) is 24.5 Å². The van der Waals surface area contributed by atoms with E-state index < -0.39 is 0 Å². The van der Waals surface area contributed by atoms with Crippen molar-refractivity contribution in [1.82, 2.24) is 10.3 Å². The van der Waals surface area contributed by atoms with E-state index in [4.69, 9.17) is 0 Å². The Morgan fingerprint density at radius 3 is 2.44 bits per heavy atom. The summed E-state index contributed by atoms with van der Waals surface area (Å²) in [4.78, 5) is 17.9. The predicted octanol–water partition coefficient (Wildman–Crippen LogP) is 2.21. The zero-order valence-electron chi connectivity index (χ0n) is 11.7. The fourth-order valence-electron chi connectivity index (χ4n) is 1.71. The second-order valence-electron chi connectivity index (χ2n) is 5.27. The molecule has 0 saturated heterocycles. The number of carbonyl (C=O) groups excluding carboxylic acids is 1. The zero-order chi connectivity index (χ0) is 13.6. The van der Waals surface area contributed by atoms with E-state index in [0.29, 0.717) is 19.5 Å². The quantitative estimate of drug-likeness (QED) is 0.870. The number of carbonyl (C=O) groups is 1. The van der Waals surface area contributed by atoms with Gasteiger partial charge in [-0.25, -0.2) is 0 Å². The van der Waals surface area contributed by atoms with Crippen LogP contribution < -0.4 is 10.2 Å². The topological polar surface area (TPSA) is 45.2 Å². The highest BCUT2D eigenvalue weighted by Crippen LogP contribution is 2.13. The minimum Gasteiger partial charge on any atom is -0.313 e. The van der Waals surface area contributed by atoms with Crippen molar-refractivity contribution in [1.29, 1.82) is 0 Å². The number of amides is 1. The second kappa shape index (κ2) is 6.50. The van der Waals surface area contributed by atoms with E-state index in [1.54, 1.807) is 17.3 Å². The molecule has 0 aliphatic heterocycles. The Balaban J connectivity index is 2.54. The molecule has 100 valence electrons. The number of hydrogen-bond acceptors (Lipinski definition) is 3. The van der Waals surface area contributed by atoms with E-state index in [9.17, 15) is 4.79 Å².